The zero-order valence-corrected chi connectivity index (χ0v) is 14.0. The highest BCUT2D eigenvalue weighted by Crippen LogP contribution is 2.30. The summed E-state index contributed by atoms with van der Waals surface area (Å²) in [6.07, 6.45) is 0. The Balaban J connectivity index is 1.77. The van der Waals surface area contributed by atoms with E-state index in [9.17, 15) is 5.11 Å². The molecule has 0 aromatic heterocycles. The smallest absolute Gasteiger partial charge is 0.162 e. The Bertz CT molecular complexity index is 766. The summed E-state index contributed by atoms with van der Waals surface area (Å²) in [5.74, 6) is 6.90. The van der Waals surface area contributed by atoms with Crippen molar-refractivity contribution in [1.82, 2.24) is 0 Å². The molecule has 1 saturated heterocycles. The quantitative estimate of drug-likeness (QED) is 0.863. The van der Waals surface area contributed by atoms with E-state index in [-0.39, 0.29) is 5.75 Å². The molecule has 4 heteroatoms. The molecule has 3 rings (SSSR count). The average molecular weight is 323 g/mol. The summed E-state index contributed by atoms with van der Waals surface area (Å²) in [7, 11) is 1.54. The first kappa shape index (κ1) is 16.2. The number of ether oxygens (including phenoxy) is 2. The molecule has 24 heavy (non-hydrogen) atoms. The molecule has 1 heterocycles. The topological polar surface area (TPSA) is 41.9 Å². The van der Waals surface area contributed by atoms with E-state index in [0.717, 1.165) is 43.0 Å². The van der Waals surface area contributed by atoms with E-state index in [4.69, 9.17) is 9.47 Å². The number of aryl methyl sites for hydroxylation is 1. The van der Waals surface area contributed by atoms with Gasteiger partial charge in [0.2, 0.25) is 0 Å². The van der Waals surface area contributed by atoms with Crippen LogP contribution in [0.2, 0.25) is 0 Å². The lowest BCUT2D eigenvalue weighted by Gasteiger charge is -2.28. The van der Waals surface area contributed by atoms with E-state index >= 15 is 0 Å². The second kappa shape index (κ2) is 7.29. The fourth-order valence-electron chi connectivity index (χ4n) is 2.70. The lowest BCUT2D eigenvalue weighted by atomic mass is 10.1. The van der Waals surface area contributed by atoms with Crippen LogP contribution in [0.1, 0.15) is 16.7 Å². The predicted molar refractivity (Wildman–Crippen MR) is 94.8 cm³/mol. The number of phenols is 1. The second-order valence-corrected chi connectivity index (χ2v) is 5.74. The fourth-order valence-corrected chi connectivity index (χ4v) is 2.70. The van der Waals surface area contributed by atoms with Gasteiger partial charge in [0, 0.05) is 29.9 Å². The number of anilines is 1. The van der Waals surface area contributed by atoms with Crippen molar-refractivity contribution in [3.8, 4) is 23.3 Å². The SMILES string of the molecule is COc1cc(C#Cc2ccc(N3CCOCC3)cc2)cc(C)c1O. The number of nitrogens with zero attached hydrogens (tertiary/aromatic N) is 1. The fraction of sp³-hybridized carbons (Fsp3) is 0.300. The summed E-state index contributed by atoms with van der Waals surface area (Å²) in [5, 5.41) is 9.87. The average Bonchev–Trinajstić information content (AvgIpc) is 2.63. The third-order valence-electron chi connectivity index (χ3n) is 4.08. The zero-order valence-electron chi connectivity index (χ0n) is 14.0. The first-order valence-electron chi connectivity index (χ1n) is 8.00. The van der Waals surface area contributed by atoms with Crippen molar-refractivity contribution >= 4 is 5.69 Å². The van der Waals surface area contributed by atoms with Crippen molar-refractivity contribution in [3.05, 3.63) is 53.1 Å². The maximum atomic E-state index is 9.87. The number of morpholine rings is 1. The van der Waals surface area contributed by atoms with Gasteiger partial charge in [-0.3, -0.25) is 0 Å². The number of phenolic OH excluding ortho intramolecular Hbond substituents is 1. The first-order valence-corrected chi connectivity index (χ1v) is 8.00. The van der Waals surface area contributed by atoms with Crippen LogP contribution in [0.3, 0.4) is 0 Å². The molecule has 0 saturated carbocycles. The number of rotatable bonds is 2. The maximum Gasteiger partial charge on any atom is 0.162 e. The molecule has 1 N–H and O–H groups in total. The summed E-state index contributed by atoms with van der Waals surface area (Å²) in [4.78, 5) is 2.31. The standard InChI is InChI=1S/C20H21NO3/c1-15-13-17(14-19(23-2)20(15)22)4-3-16-5-7-18(8-6-16)21-9-11-24-12-10-21/h5-8,13-14,22H,9-12H2,1-2H3. The lowest BCUT2D eigenvalue weighted by Crippen LogP contribution is -2.36. The highest BCUT2D eigenvalue weighted by atomic mass is 16.5. The van der Waals surface area contributed by atoms with Crippen molar-refractivity contribution in [1.29, 1.82) is 0 Å². The van der Waals surface area contributed by atoms with Gasteiger partial charge in [0.25, 0.3) is 0 Å². The van der Waals surface area contributed by atoms with Gasteiger partial charge in [-0.25, -0.2) is 0 Å². The molecule has 0 aliphatic carbocycles. The highest BCUT2D eigenvalue weighted by molar-refractivity contribution is 5.55. The Morgan fingerprint density at radius 2 is 1.71 bits per heavy atom. The third-order valence-corrected chi connectivity index (χ3v) is 4.08. The van der Waals surface area contributed by atoms with Crippen LogP contribution in [-0.4, -0.2) is 38.5 Å². The lowest BCUT2D eigenvalue weighted by molar-refractivity contribution is 0.122. The van der Waals surface area contributed by atoms with Gasteiger partial charge in [-0.1, -0.05) is 11.8 Å². The van der Waals surface area contributed by atoms with Gasteiger partial charge >= 0.3 is 0 Å². The zero-order chi connectivity index (χ0) is 16.9. The summed E-state index contributed by atoms with van der Waals surface area (Å²) in [6.45, 7) is 5.25. The van der Waals surface area contributed by atoms with Gasteiger partial charge in [-0.05, 0) is 48.9 Å². The van der Waals surface area contributed by atoms with Crippen LogP contribution in [0.25, 0.3) is 0 Å². The summed E-state index contributed by atoms with van der Waals surface area (Å²) in [6, 6.07) is 11.9. The minimum atomic E-state index is 0.165. The molecule has 0 unspecified atom stereocenters. The number of benzene rings is 2. The minimum absolute atomic E-state index is 0.165. The maximum absolute atomic E-state index is 9.87. The number of aromatic hydroxyl groups is 1. The predicted octanol–water partition coefficient (Wildman–Crippen LogP) is 2.95. The van der Waals surface area contributed by atoms with Crippen molar-refractivity contribution in [2.24, 2.45) is 0 Å². The van der Waals surface area contributed by atoms with Crippen molar-refractivity contribution in [3.63, 3.8) is 0 Å². The summed E-state index contributed by atoms with van der Waals surface area (Å²) in [5.41, 5.74) is 3.73. The van der Waals surface area contributed by atoms with Crippen molar-refractivity contribution < 1.29 is 14.6 Å². The molecular formula is C20H21NO3. The Kier molecular flexibility index (Phi) is 4.93. The number of hydrogen-bond donors (Lipinski definition) is 1. The van der Waals surface area contributed by atoms with Gasteiger partial charge in [-0.2, -0.15) is 0 Å². The van der Waals surface area contributed by atoms with Crippen LogP contribution in [0, 0.1) is 18.8 Å². The van der Waals surface area contributed by atoms with Gasteiger partial charge in [0.15, 0.2) is 11.5 Å². The van der Waals surface area contributed by atoms with Gasteiger partial charge in [-0.15, -0.1) is 0 Å². The van der Waals surface area contributed by atoms with Gasteiger partial charge < -0.3 is 19.5 Å². The van der Waals surface area contributed by atoms with Crippen LogP contribution in [-0.2, 0) is 4.74 Å². The molecule has 0 bridgehead atoms. The van der Waals surface area contributed by atoms with E-state index < -0.39 is 0 Å². The molecule has 0 spiro atoms. The first-order chi connectivity index (χ1) is 11.7. The molecule has 124 valence electrons. The largest absolute Gasteiger partial charge is 0.504 e. The Morgan fingerprint density at radius 3 is 2.38 bits per heavy atom. The summed E-state index contributed by atoms with van der Waals surface area (Å²) < 4.78 is 10.5. The summed E-state index contributed by atoms with van der Waals surface area (Å²) >= 11 is 0. The molecule has 1 aliphatic heterocycles. The van der Waals surface area contributed by atoms with Crippen LogP contribution >= 0.6 is 0 Å². The van der Waals surface area contributed by atoms with Gasteiger partial charge in [0.1, 0.15) is 0 Å². The Hall–Kier alpha value is -2.64. The van der Waals surface area contributed by atoms with Crippen LogP contribution < -0.4 is 9.64 Å². The Labute approximate surface area is 142 Å². The number of methoxy groups -OCH3 is 1. The van der Waals surface area contributed by atoms with E-state index in [1.54, 1.807) is 6.07 Å². The molecule has 1 aliphatic rings. The number of hydrogen-bond acceptors (Lipinski definition) is 4. The van der Waals surface area contributed by atoms with E-state index in [2.05, 4.69) is 28.9 Å². The van der Waals surface area contributed by atoms with E-state index in [1.165, 1.54) is 12.8 Å². The Morgan fingerprint density at radius 1 is 1.04 bits per heavy atom. The second-order valence-electron chi connectivity index (χ2n) is 5.74. The van der Waals surface area contributed by atoms with E-state index in [1.807, 2.05) is 25.1 Å². The van der Waals surface area contributed by atoms with Crippen LogP contribution in [0.5, 0.6) is 11.5 Å². The van der Waals surface area contributed by atoms with E-state index in [0.29, 0.717) is 5.75 Å². The van der Waals surface area contributed by atoms with Gasteiger partial charge in [0.05, 0.1) is 20.3 Å². The molecule has 0 amide bonds. The van der Waals surface area contributed by atoms with Crippen molar-refractivity contribution in [2.45, 2.75) is 6.92 Å². The normalized spacial score (nSPS) is 14.0. The monoisotopic (exact) mass is 323 g/mol. The molecular weight excluding hydrogens is 302 g/mol. The molecule has 2 aromatic carbocycles. The van der Waals surface area contributed by atoms with Crippen LogP contribution in [0.4, 0.5) is 5.69 Å². The highest BCUT2D eigenvalue weighted by Gasteiger charge is 2.10. The minimum Gasteiger partial charge on any atom is -0.504 e. The molecule has 0 atom stereocenters. The van der Waals surface area contributed by atoms with Crippen LogP contribution in [0.15, 0.2) is 36.4 Å². The molecule has 2 aromatic rings. The third kappa shape index (κ3) is 3.64. The molecule has 4 nitrogen and oxygen atoms in total. The van der Waals surface area contributed by atoms with Crippen molar-refractivity contribution in [2.75, 3.05) is 38.3 Å². The molecule has 1 fully saturated rings. The molecule has 0 radical (unpaired) electrons.